The van der Waals surface area contributed by atoms with Crippen molar-refractivity contribution >= 4 is 0 Å². The molecule has 0 unspecified atom stereocenters. The first-order valence-corrected chi connectivity index (χ1v) is 4.53. The summed E-state index contributed by atoms with van der Waals surface area (Å²) >= 11 is 0. The van der Waals surface area contributed by atoms with Gasteiger partial charge in [0, 0.05) is 12.6 Å². The van der Waals surface area contributed by atoms with E-state index >= 15 is 0 Å². The highest BCUT2D eigenvalue weighted by molar-refractivity contribution is 5.64. The lowest BCUT2D eigenvalue weighted by atomic mass is 10.1. The Balaban J connectivity index is 2.49. The van der Waals surface area contributed by atoms with Gasteiger partial charge in [0.25, 0.3) is 0 Å². The van der Waals surface area contributed by atoms with Crippen LogP contribution in [0.4, 0.5) is 4.39 Å². The molecule has 0 fully saturated rings. The van der Waals surface area contributed by atoms with Crippen LogP contribution in [0, 0.1) is 5.82 Å². The summed E-state index contributed by atoms with van der Waals surface area (Å²) in [7, 11) is 3.43. The van der Waals surface area contributed by atoms with Gasteiger partial charge < -0.3 is 9.30 Å². The van der Waals surface area contributed by atoms with E-state index < -0.39 is 0 Å². The molecule has 0 amide bonds. The maximum atomic E-state index is 12.7. The quantitative estimate of drug-likeness (QED) is 0.753. The van der Waals surface area contributed by atoms with E-state index in [1.807, 2.05) is 7.05 Å². The Morgan fingerprint density at radius 1 is 1.27 bits per heavy atom. The predicted molar refractivity (Wildman–Crippen MR) is 55.2 cm³/mol. The Morgan fingerprint density at radius 2 is 1.93 bits per heavy atom. The largest absolute Gasteiger partial charge is 0.481 e. The molecule has 78 valence electrons. The number of hydrogen-bond donors (Lipinski definition) is 0. The van der Waals surface area contributed by atoms with Crippen molar-refractivity contribution in [1.29, 1.82) is 0 Å². The minimum Gasteiger partial charge on any atom is -0.481 e. The second kappa shape index (κ2) is 3.73. The lowest BCUT2D eigenvalue weighted by molar-refractivity contribution is 0.384. The van der Waals surface area contributed by atoms with E-state index in [1.54, 1.807) is 30.1 Å². The number of rotatable bonds is 2. The fourth-order valence-corrected chi connectivity index (χ4v) is 1.47. The normalized spacial score (nSPS) is 10.3. The zero-order valence-corrected chi connectivity index (χ0v) is 8.57. The molecular weight excluding hydrogens is 195 g/mol. The number of hydrogen-bond acceptors (Lipinski definition) is 2. The summed E-state index contributed by atoms with van der Waals surface area (Å²) in [5.41, 5.74) is 1.56. The van der Waals surface area contributed by atoms with Crippen LogP contribution in [0.15, 0.2) is 30.6 Å². The SMILES string of the molecule is COc1c(-c2ccc(F)cc2)ncn1C. The van der Waals surface area contributed by atoms with Crippen molar-refractivity contribution in [3.8, 4) is 17.1 Å². The molecular formula is C11H11FN2O. The number of aryl methyl sites for hydroxylation is 1. The van der Waals surface area contributed by atoms with Crippen molar-refractivity contribution < 1.29 is 9.13 Å². The van der Waals surface area contributed by atoms with Gasteiger partial charge in [-0.05, 0) is 24.3 Å². The van der Waals surface area contributed by atoms with Gasteiger partial charge in [-0.25, -0.2) is 9.37 Å². The fourth-order valence-electron chi connectivity index (χ4n) is 1.47. The summed E-state index contributed by atoms with van der Waals surface area (Å²) in [5, 5.41) is 0. The monoisotopic (exact) mass is 206 g/mol. The van der Waals surface area contributed by atoms with Gasteiger partial charge in [0.2, 0.25) is 5.88 Å². The van der Waals surface area contributed by atoms with Crippen LogP contribution in [-0.2, 0) is 7.05 Å². The molecule has 0 atom stereocenters. The fraction of sp³-hybridized carbons (Fsp3) is 0.182. The summed E-state index contributed by atoms with van der Waals surface area (Å²) in [4.78, 5) is 4.20. The highest BCUT2D eigenvalue weighted by Crippen LogP contribution is 2.27. The van der Waals surface area contributed by atoms with Gasteiger partial charge in [0.05, 0.1) is 13.4 Å². The summed E-state index contributed by atoms with van der Waals surface area (Å²) in [5.74, 6) is 0.412. The van der Waals surface area contributed by atoms with Crippen molar-refractivity contribution in [3.05, 3.63) is 36.4 Å². The first kappa shape index (κ1) is 9.71. The molecule has 0 aliphatic carbocycles. The molecule has 3 nitrogen and oxygen atoms in total. The van der Waals surface area contributed by atoms with E-state index in [9.17, 15) is 4.39 Å². The van der Waals surface area contributed by atoms with Gasteiger partial charge >= 0.3 is 0 Å². The summed E-state index contributed by atoms with van der Waals surface area (Å²) in [6, 6.07) is 6.17. The Morgan fingerprint density at radius 3 is 2.53 bits per heavy atom. The average Bonchev–Trinajstić information content (AvgIpc) is 2.61. The van der Waals surface area contributed by atoms with Gasteiger partial charge in [-0.1, -0.05) is 0 Å². The molecule has 2 rings (SSSR count). The molecule has 0 saturated heterocycles. The van der Waals surface area contributed by atoms with Crippen molar-refractivity contribution in [2.24, 2.45) is 7.05 Å². The minimum atomic E-state index is -0.256. The third-order valence-electron chi connectivity index (χ3n) is 2.19. The minimum absolute atomic E-state index is 0.256. The van der Waals surface area contributed by atoms with Crippen LogP contribution in [0.25, 0.3) is 11.3 Å². The zero-order valence-electron chi connectivity index (χ0n) is 8.57. The van der Waals surface area contributed by atoms with Crippen molar-refractivity contribution in [2.45, 2.75) is 0 Å². The van der Waals surface area contributed by atoms with Gasteiger partial charge in [0.15, 0.2) is 0 Å². The molecule has 15 heavy (non-hydrogen) atoms. The smallest absolute Gasteiger partial charge is 0.221 e. The Labute approximate surface area is 87.1 Å². The van der Waals surface area contributed by atoms with E-state index in [2.05, 4.69) is 4.98 Å². The molecule has 0 saturated carbocycles. The molecule has 0 N–H and O–H groups in total. The van der Waals surface area contributed by atoms with E-state index in [4.69, 9.17) is 4.74 Å². The topological polar surface area (TPSA) is 27.1 Å². The summed E-state index contributed by atoms with van der Waals surface area (Å²) in [6.45, 7) is 0. The highest BCUT2D eigenvalue weighted by Gasteiger charge is 2.10. The van der Waals surface area contributed by atoms with Crippen LogP contribution < -0.4 is 4.74 Å². The van der Waals surface area contributed by atoms with Crippen LogP contribution in [-0.4, -0.2) is 16.7 Å². The molecule has 1 aromatic heterocycles. The molecule has 0 radical (unpaired) electrons. The van der Waals surface area contributed by atoms with E-state index in [1.165, 1.54) is 12.1 Å². The number of imidazole rings is 1. The van der Waals surface area contributed by atoms with Gasteiger partial charge in [-0.3, -0.25) is 0 Å². The Bertz CT molecular complexity index is 462. The maximum Gasteiger partial charge on any atom is 0.221 e. The van der Waals surface area contributed by atoms with E-state index in [0.717, 1.165) is 11.3 Å². The lowest BCUT2D eigenvalue weighted by Crippen LogP contribution is -1.93. The zero-order chi connectivity index (χ0) is 10.8. The highest BCUT2D eigenvalue weighted by atomic mass is 19.1. The maximum absolute atomic E-state index is 12.7. The van der Waals surface area contributed by atoms with Crippen molar-refractivity contribution in [2.75, 3.05) is 7.11 Å². The van der Waals surface area contributed by atoms with Gasteiger partial charge in [-0.2, -0.15) is 0 Å². The van der Waals surface area contributed by atoms with Gasteiger partial charge in [0.1, 0.15) is 11.5 Å². The van der Waals surface area contributed by atoms with Crippen molar-refractivity contribution in [1.82, 2.24) is 9.55 Å². The van der Waals surface area contributed by atoms with Crippen LogP contribution in [0.2, 0.25) is 0 Å². The average molecular weight is 206 g/mol. The second-order valence-corrected chi connectivity index (χ2v) is 3.22. The standard InChI is InChI=1S/C11H11FN2O/c1-14-7-13-10(11(14)15-2)8-3-5-9(12)6-4-8/h3-7H,1-2H3. The number of halogens is 1. The first-order valence-electron chi connectivity index (χ1n) is 4.53. The number of nitrogens with zero attached hydrogens (tertiary/aromatic N) is 2. The molecule has 4 heteroatoms. The molecule has 1 aromatic carbocycles. The van der Waals surface area contributed by atoms with Crippen LogP contribution in [0.1, 0.15) is 0 Å². The third-order valence-corrected chi connectivity index (χ3v) is 2.19. The second-order valence-electron chi connectivity index (χ2n) is 3.22. The lowest BCUT2D eigenvalue weighted by Gasteiger charge is -2.03. The predicted octanol–water partition coefficient (Wildman–Crippen LogP) is 2.23. The molecule has 0 aliphatic heterocycles. The number of methoxy groups -OCH3 is 1. The molecule has 1 heterocycles. The molecule has 2 aromatic rings. The summed E-state index contributed by atoms with van der Waals surface area (Å²) in [6.07, 6.45) is 1.66. The number of benzene rings is 1. The molecule has 0 bridgehead atoms. The van der Waals surface area contributed by atoms with Crippen molar-refractivity contribution in [3.63, 3.8) is 0 Å². The number of aromatic nitrogens is 2. The van der Waals surface area contributed by atoms with E-state index in [0.29, 0.717) is 5.88 Å². The number of ether oxygens (including phenoxy) is 1. The van der Waals surface area contributed by atoms with E-state index in [-0.39, 0.29) is 5.82 Å². The van der Waals surface area contributed by atoms with Crippen LogP contribution in [0.5, 0.6) is 5.88 Å². The molecule has 0 spiro atoms. The first-order chi connectivity index (χ1) is 7.22. The molecule has 0 aliphatic rings. The third kappa shape index (κ3) is 1.70. The summed E-state index contributed by atoms with van der Waals surface area (Å²) < 4.78 is 19.7. The van der Waals surface area contributed by atoms with Crippen LogP contribution >= 0.6 is 0 Å². The van der Waals surface area contributed by atoms with Crippen LogP contribution in [0.3, 0.4) is 0 Å². The Kier molecular flexibility index (Phi) is 2.41. The Hall–Kier alpha value is -1.84. The van der Waals surface area contributed by atoms with Gasteiger partial charge in [-0.15, -0.1) is 0 Å².